The van der Waals surface area contributed by atoms with Gasteiger partial charge in [-0.05, 0) is 6.42 Å². The highest BCUT2D eigenvalue weighted by Gasteiger charge is 2.13. The third kappa shape index (κ3) is 6.21. The number of hydrogen-bond donors (Lipinski definition) is 4. The number of esters is 1. The maximum atomic E-state index is 10.8. The number of ether oxygens (including phenoxy) is 1. The van der Waals surface area contributed by atoms with E-state index in [1.807, 2.05) is 0 Å². The highest BCUT2D eigenvalue weighted by molar-refractivity contribution is 5.76. The Hall–Kier alpha value is -1.90. The molecule has 0 bridgehead atoms. The molecule has 0 aromatic carbocycles. The molecule has 0 spiro atoms. The molecule has 0 aromatic rings. The molecule has 15 heavy (non-hydrogen) atoms. The van der Waals surface area contributed by atoms with Gasteiger partial charge in [0, 0.05) is 6.54 Å². The van der Waals surface area contributed by atoms with Crippen LogP contribution in [-0.4, -0.2) is 36.7 Å². The molecule has 0 aromatic heterocycles. The molecule has 0 aliphatic heterocycles. The zero-order chi connectivity index (χ0) is 11.8. The Morgan fingerprint density at radius 2 is 2.33 bits per heavy atom. The van der Waals surface area contributed by atoms with Gasteiger partial charge in [-0.1, -0.05) is 5.43 Å². The van der Waals surface area contributed by atoms with Gasteiger partial charge >= 0.3 is 5.97 Å². The van der Waals surface area contributed by atoms with Gasteiger partial charge in [0.25, 0.3) is 5.96 Å². The fourth-order valence-corrected chi connectivity index (χ4v) is 0.753. The number of rotatable bonds is 5. The first kappa shape index (κ1) is 13.1. The number of guanidine groups is 1. The van der Waals surface area contributed by atoms with Gasteiger partial charge < -0.3 is 15.8 Å². The van der Waals surface area contributed by atoms with Gasteiger partial charge in [-0.15, -0.1) is 0 Å². The first-order valence-corrected chi connectivity index (χ1v) is 4.04. The third-order valence-corrected chi connectivity index (χ3v) is 1.46. The summed E-state index contributed by atoms with van der Waals surface area (Å²) in [4.78, 5) is 20.7. The Bertz CT molecular complexity index is 256. The van der Waals surface area contributed by atoms with Gasteiger partial charge in [0.1, 0.15) is 6.04 Å². The van der Waals surface area contributed by atoms with Crippen LogP contribution in [0.2, 0.25) is 0 Å². The van der Waals surface area contributed by atoms with Crippen molar-refractivity contribution in [3.63, 3.8) is 0 Å². The number of nitrogens with one attached hydrogen (secondary N) is 3. The number of nitrogens with zero attached hydrogens (tertiary/aromatic N) is 1. The molecule has 0 rings (SSSR count). The molecule has 0 unspecified atom stereocenters. The molecule has 0 heterocycles. The van der Waals surface area contributed by atoms with E-state index in [1.54, 1.807) is 5.43 Å². The van der Waals surface area contributed by atoms with Crippen LogP contribution in [0.25, 0.3) is 0 Å². The van der Waals surface area contributed by atoms with Crippen molar-refractivity contribution in [3.05, 3.63) is 10.1 Å². The number of nitro groups is 1. The minimum atomic E-state index is -0.866. The summed E-state index contributed by atoms with van der Waals surface area (Å²) >= 11 is 0. The Morgan fingerprint density at radius 3 is 2.80 bits per heavy atom. The van der Waals surface area contributed by atoms with Crippen LogP contribution >= 0.6 is 0 Å². The van der Waals surface area contributed by atoms with Gasteiger partial charge in [-0.25, -0.2) is 10.1 Å². The summed E-state index contributed by atoms with van der Waals surface area (Å²) in [5.41, 5.74) is 6.97. The maximum Gasteiger partial charge on any atom is 0.322 e. The van der Waals surface area contributed by atoms with Crippen LogP contribution in [0.5, 0.6) is 0 Å². The number of hydrogen-bond acceptors (Lipinski definition) is 6. The second-order valence-corrected chi connectivity index (χ2v) is 2.59. The molecule has 9 nitrogen and oxygen atoms in total. The smallest absolute Gasteiger partial charge is 0.322 e. The molecule has 0 saturated heterocycles. The third-order valence-electron chi connectivity index (χ3n) is 1.46. The van der Waals surface area contributed by atoms with Crippen molar-refractivity contribution in [1.82, 2.24) is 10.7 Å². The predicted molar refractivity (Wildman–Crippen MR) is 50.5 cm³/mol. The molecular weight excluding hydrogens is 206 g/mol. The predicted octanol–water partition coefficient (Wildman–Crippen LogP) is -1.82. The standard InChI is InChI=1S/C6H13N5O4/c1-15-5(12)4(7)2-3-9-6(8)10-11(13)14/h4H,2-3,7H2,1H3,(H3,8,9,10)/t4-/m0/s1. The second-order valence-electron chi connectivity index (χ2n) is 2.59. The van der Waals surface area contributed by atoms with E-state index in [2.05, 4.69) is 10.1 Å². The molecule has 0 saturated carbocycles. The van der Waals surface area contributed by atoms with E-state index in [9.17, 15) is 14.9 Å². The first-order valence-electron chi connectivity index (χ1n) is 4.04. The maximum absolute atomic E-state index is 10.8. The van der Waals surface area contributed by atoms with Gasteiger partial charge in [-0.2, -0.15) is 0 Å². The highest BCUT2D eigenvalue weighted by atomic mass is 16.7. The van der Waals surface area contributed by atoms with E-state index in [4.69, 9.17) is 11.1 Å². The van der Waals surface area contributed by atoms with Crippen molar-refractivity contribution in [2.75, 3.05) is 13.7 Å². The van der Waals surface area contributed by atoms with E-state index >= 15 is 0 Å². The lowest BCUT2D eigenvalue weighted by atomic mass is 10.2. The van der Waals surface area contributed by atoms with E-state index in [-0.39, 0.29) is 13.0 Å². The van der Waals surface area contributed by atoms with Gasteiger partial charge in [0.2, 0.25) is 0 Å². The lowest BCUT2D eigenvalue weighted by Gasteiger charge is -2.09. The number of nitrogens with two attached hydrogens (primary N) is 1. The average molecular weight is 219 g/mol. The first-order chi connectivity index (χ1) is 6.97. The van der Waals surface area contributed by atoms with Gasteiger partial charge in [0.15, 0.2) is 5.03 Å². The fraction of sp³-hybridized carbons (Fsp3) is 0.667. The molecule has 0 radical (unpaired) electrons. The zero-order valence-electron chi connectivity index (χ0n) is 8.15. The Balaban J connectivity index is 3.65. The second kappa shape index (κ2) is 6.54. The van der Waals surface area contributed by atoms with Crippen LogP contribution in [-0.2, 0) is 9.53 Å². The van der Waals surface area contributed by atoms with Crippen LogP contribution in [0.1, 0.15) is 6.42 Å². The summed E-state index contributed by atoms with van der Waals surface area (Å²) in [6.07, 6.45) is 0.217. The van der Waals surface area contributed by atoms with Gasteiger partial charge in [0.05, 0.1) is 7.11 Å². The number of carbonyl (C=O) groups is 1. The molecule has 0 amide bonds. The molecule has 0 aliphatic rings. The summed E-state index contributed by atoms with van der Waals surface area (Å²) in [5, 5.41) is 18.4. The van der Waals surface area contributed by atoms with Crippen LogP contribution in [0, 0.1) is 15.5 Å². The van der Waals surface area contributed by atoms with Crippen molar-refractivity contribution in [2.45, 2.75) is 12.5 Å². The minimum Gasteiger partial charge on any atom is -0.468 e. The minimum absolute atomic E-state index is 0.163. The molecule has 5 N–H and O–H groups in total. The van der Waals surface area contributed by atoms with Gasteiger partial charge in [-0.3, -0.25) is 10.2 Å². The quantitative estimate of drug-likeness (QED) is 0.140. The largest absolute Gasteiger partial charge is 0.468 e. The number of hydrazine groups is 1. The lowest BCUT2D eigenvalue weighted by Crippen LogP contribution is -2.42. The normalized spacial score (nSPS) is 11.3. The summed E-state index contributed by atoms with van der Waals surface area (Å²) in [5.74, 6) is -1.03. The number of carbonyl (C=O) groups excluding carboxylic acids is 1. The van der Waals surface area contributed by atoms with E-state index in [0.29, 0.717) is 0 Å². The zero-order valence-corrected chi connectivity index (χ0v) is 8.15. The van der Waals surface area contributed by atoms with Crippen molar-refractivity contribution in [3.8, 4) is 0 Å². The van der Waals surface area contributed by atoms with E-state index < -0.39 is 23.0 Å². The highest BCUT2D eigenvalue weighted by Crippen LogP contribution is 1.88. The number of methoxy groups -OCH3 is 1. The van der Waals surface area contributed by atoms with Crippen molar-refractivity contribution < 1.29 is 14.6 Å². The molecule has 0 aliphatic carbocycles. The van der Waals surface area contributed by atoms with Crippen LogP contribution in [0.4, 0.5) is 0 Å². The monoisotopic (exact) mass is 219 g/mol. The average Bonchev–Trinajstić information content (AvgIpc) is 2.15. The topological polar surface area (TPSA) is 143 Å². The lowest BCUT2D eigenvalue weighted by molar-refractivity contribution is -0.525. The van der Waals surface area contributed by atoms with E-state index in [0.717, 1.165) is 0 Å². The Labute approximate surface area is 85.6 Å². The van der Waals surface area contributed by atoms with Crippen molar-refractivity contribution in [2.24, 2.45) is 5.73 Å². The van der Waals surface area contributed by atoms with Crippen LogP contribution in [0.3, 0.4) is 0 Å². The van der Waals surface area contributed by atoms with Crippen molar-refractivity contribution in [1.29, 1.82) is 5.41 Å². The van der Waals surface area contributed by atoms with Crippen molar-refractivity contribution >= 4 is 11.9 Å². The molecule has 9 heteroatoms. The summed E-state index contributed by atoms with van der Waals surface area (Å²) in [7, 11) is 1.21. The van der Waals surface area contributed by atoms with Crippen LogP contribution < -0.4 is 16.5 Å². The fourth-order valence-electron chi connectivity index (χ4n) is 0.753. The summed E-state index contributed by atoms with van der Waals surface area (Å²) in [6, 6.07) is -0.800. The van der Waals surface area contributed by atoms with E-state index in [1.165, 1.54) is 7.11 Å². The molecular formula is C6H13N5O4. The summed E-state index contributed by atoms with van der Waals surface area (Å²) in [6.45, 7) is 0.163. The SMILES string of the molecule is COC(=O)[C@@H](N)CCNC(=N)N[N+](=O)[O-]. The summed E-state index contributed by atoms with van der Waals surface area (Å²) < 4.78 is 4.36. The Kier molecular flexibility index (Phi) is 5.71. The Morgan fingerprint density at radius 1 is 1.73 bits per heavy atom. The molecule has 1 atom stereocenters. The molecule has 0 fully saturated rings. The molecule has 86 valence electrons. The van der Waals surface area contributed by atoms with Crippen LogP contribution in [0.15, 0.2) is 0 Å².